The third-order valence-electron chi connectivity index (χ3n) is 2.00. The molecule has 0 N–H and O–H groups in total. The molecule has 0 atom stereocenters. The Hall–Kier alpha value is -2.24. The number of aromatic nitrogens is 3. The van der Waals surface area contributed by atoms with Gasteiger partial charge >= 0.3 is 5.69 Å². The molecule has 0 aliphatic rings. The lowest BCUT2D eigenvalue weighted by molar-refractivity contribution is -0.384. The maximum Gasteiger partial charge on any atom is 0.313 e. The Bertz CT molecular complexity index is 506. The van der Waals surface area contributed by atoms with Crippen molar-refractivity contribution in [2.45, 2.75) is 6.92 Å². The average molecular weight is 204 g/mol. The lowest BCUT2D eigenvalue weighted by atomic mass is 10.4. The highest BCUT2D eigenvalue weighted by atomic mass is 16.6. The molecule has 0 unspecified atom stereocenters. The molecule has 2 rings (SSSR count). The van der Waals surface area contributed by atoms with Gasteiger partial charge in [-0.2, -0.15) is 5.10 Å². The second-order valence-electron chi connectivity index (χ2n) is 2.99. The largest absolute Gasteiger partial charge is 0.313 e. The Morgan fingerprint density at radius 1 is 1.40 bits per heavy atom. The maximum atomic E-state index is 10.8. The van der Waals surface area contributed by atoms with Crippen LogP contribution in [0.3, 0.4) is 0 Å². The van der Waals surface area contributed by atoms with Gasteiger partial charge in [0.25, 0.3) is 0 Å². The normalized spacial score (nSPS) is 10.2. The highest BCUT2D eigenvalue weighted by molar-refractivity contribution is 5.46. The molecule has 2 heterocycles. The molecular formula is C9H8N4O2. The molecular weight excluding hydrogens is 196 g/mol. The molecule has 0 amide bonds. The highest BCUT2D eigenvalue weighted by Crippen LogP contribution is 2.19. The first kappa shape index (κ1) is 9.32. The van der Waals surface area contributed by atoms with Gasteiger partial charge < -0.3 is 0 Å². The Kier molecular flexibility index (Phi) is 2.17. The summed E-state index contributed by atoms with van der Waals surface area (Å²) in [5.41, 5.74) is 0.751. The molecule has 6 nitrogen and oxygen atoms in total. The molecule has 0 radical (unpaired) electrons. The van der Waals surface area contributed by atoms with Gasteiger partial charge in [0.15, 0.2) is 0 Å². The summed E-state index contributed by atoms with van der Waals surface area (Å²) in [6.45, 7) is 1.81. The van der Waals surface area contributed by atoms with E-state index >= 15 is 0 Å². The molecule has 0 bridgehead atoms. The van der Waals surface area contributed by atoms with Gasteiger partial charge in [0.05, 0.1) is 4.92 Å². The van der Waals surface area contributed by atoms with Crippen molar-refractivity contribution in [2.75, 3.05) is 0 Å². The zero-order valence-electron chi connectivity index (χ0n) is 7.99. The zero-order valence-corrected chi connectivity index (χ0v) is 7.99. The van der Waals surface area contributed by atoms with E-state index in [1.807, 2.05) is 6.92 Å². The van der Waals surface area contributed by atoms with Crippen molar-refractivity contribution in [3.8, 4) is 5.82 Å². The van der Waals surface area contributed by atoms with E-state index in [2.05, 4.69) is 10.1 Å². The van der Waals surface area contributed by atoms with Crippen LogP contribution < -0.4 is 0 Å². The van der Waals surface area contributed by atoms with E-state index in [1.165, 1.54) is 23.0 Å². The molecule has 0 aliphatic heterocycles. The van der Waals surface area contributed by atoms with Crippen LogP contribution in [0.5, 0.6) is 0 Å². The van der Waals surface area contributed by atoms with E-state index in [4.69, 9.17) is 0 Å². The lowest BCUT2D eigenvalue weighted by Gasteiger charge is -2.02. The van der Waals surface area contributed by atoms with Gasteiger partial charge in [0.1, 0.15) is 0 Å². The van der Waals surface area contributed by atoms with Crippen LogP contribution in [0.1, 0.15) is 5.69 Å². The van der Waals surface area contributed by atoms with Crippen molar-refractivity contribution >= 4 is 5.69 Å². The maximum absolute atomic E-state index is 10.8. The monoisotopic (exact) mass is 204 g/mol. The zero-order chi connectivity index (χ0) is 10.8. The van der Waals surface area contributed by atoms with Gasteiger partial charge in [0.2, 0.25) is 5.82 Å². The summed E-state index contributed by atoms with van der Waals surface area (Å²) in [5.74, 6) is 0.241. The second kappa shape index (κ2) is 3.49. The number of pyridine rings is 1. The van der Waals surface area contributed by atoms with Crippen LogP contribution in [0, 0.1) is 17.0 Å². The summed E-state index contributed by atoms with van der Waals surface area (Å²) >= 11 is 0. The highest BCUT2D eigenvalue weighted by Gasteiger charge is 2.17. The summed E-state index contributed by atoms with van der Waals surface area (Å²) in [6.07, 6.45) is 3.08. The Morgan fingerprint density at radius 3 is 2.80 bits per heavy atom. The number of aryl methyl sites for hydroxylation is 1. The summed E-state index contributed by atoms with van der Waals surface area (Å²) in [6, 6.07) is 4.70. The molecule has 0 aromatic carbocycles. The Labute approximate surface area is 85.3 Å². The summed E-state index contributed by atoms with van der Waals surface area (Å²) < 4.78 is 1.44. The van der Waals surface area contributed by atoms with Crippen molar-refractivity contribution in [3.05, 3.63) is 46.4 Å². The number of nitro groups is 1. The standard InChI is InChI=1S/C9H8N4O2/c1-7-4-6-11-12(7)9-8(13(14)15)3-2-5-10-9/h2-6H,1H3. The third-order valence-corrected chi connectivity index (χ3v) is 2.00. The van der Waals surface area contributed by atoms with Crippen molar-refractivity contribution < 1.29 is 4.92 Å². The van der Waals surface area contributed by atoms with Crippen LogP contribution >= 0.6 is 0 Å². The quantitative estimate of drug-likeness (QED) is 0.548. The van der Waals surface area contributed by atoms with E-state index in [9.17, 15) is 10.1 Å². The van der Waals surface area contributed by atoms with Gasteiger partial charge in [-0.15, -0.1) is 0 Å². The summed E-state index contributed by atoms with van der Waals surface area (Å²) in [5, 5.41) is 14.7. The SMILES string of the molecule is Cc1ccnn1-c1ncccc1[N+](=O)[O-]. The lowest BCUT2D eigenvalue weighted by Crippen LogP contribution is -2.05. The minimum absolute atomic E-state index is 0.0516. The van der Waals surface area contributed by atoms with E-state index in [-0.39, 0.29) is 11.5 Å². The third kappa shape index (κ3) is 1.56. The molecule has 2 aromatic heterocycles. The van der Waals surface area contributed by atoms with E-state index in [1.54, 1.807) is 12.3 Å². The molecule has 0 fully saturated rings. The summed E-state index contributed by atoms with van der Waals surface area (Å²) in [7, 11) is 0. The smallest absolute Gasteiger partial charge is 0.258 e. The van der Waals surface area contributed by atoms with Gasteiger partial charge in [0, 0.05) is 24.2 Å². The molecule has 76 valence electrons. The summed E-state index contributed by atoms with van der Waals surface area (Å²) in [4.78, 5) is 14.2. The van der Waals surface area contributed by atoms with Gasteiger partial charge in [-0.05, 0) is 19.1 Å². The molecule has 0 saturated heterocycles. The first-order valence-electron chi connectivity index (χ1n) is 4.30. The van der Waals surface area contributed by atoms with Crippen LogP contribution in [0.15, 0.2) is 30.6 Å². The first-order chi connectivity index (χ1) is 7.20. The van der Waals surface area contributed by atoms with Gasteiger partial charge in [-0.1, -0.05) is 0 Å². The van der Waals surface area contributed by atoms with Crippen LogP contribution in [-0.4, -0.2) is 19.7 Å². The number of rotatable bonds is 2. The number of nitrogens with zero attached hydrogens (tertiary/aromatic N) is 4. The van der Waals surface area contributed by atoms with E-state index in [0.717, 1.165) is 5.69 Å². The molecule has 2 aromatic rings. The molecule has 0 saturated carbocycles. The second-order valence-corrected chi connectivity index (χ2v) is 2.99. The first-order valence-corrected chi connectivity index (χ1v) is 4.30. The van der Waals surface area contributed by atoms with E-state index in [0.29, 0.717) is 0 Å². The van der Waals surface area contributed by atoms with E-state index < -0.39 is 4.92 Å². The predicted octanol–water partition coefficient (Wildman–Crippen LogP) is 1.48. The van der Waals surface area contributed by atoms with Gasteiger partial charge in [-0.25, -0.2) is 9.67 Å². The van der Waals surface area contributed by atoms with Crippen molar-refractivity contribution in [1.29, 1.82) is 0 Å². The number of hydrogen-bond acceptors (Lipinski definition) is 4. The Morgan fingerprint density at radius 2 is 2.20 bits per heavy atom. The Balaban J connectivity index is 2.63. The minimum atomic E-state index is -0.469. The fourth-order valence-electron chi connectivity index (χ4n) is 1.29. The van der Waals surface area contributed by atoms with Crippen molar-refractivity contribution in [1.82, 2.24) is 14.8 Å². The van der Waals surface area contributed by atoms with Crippen LogP contribution in [0.2, 0.25) is 0 Å². The van der Waals surface area contributed by atoms with Gasteiger partial charge in [-0.3, -0.25) is 10.1 Å². The predicted molar refractivity (Wildman–Crippen MR) is 52.8 cm³/mol. The molecule has 15 heavy (non-hydrogen) atoms. The van der Waals surface area contributed by atoms with Crippen LogP contribution in [0.25, 0.3) is 5.82 Å². The fraction of sp³-hybridized carbons (Fsp3) is 0.111. The molecule has 0 aliphatic carbocycles. The fourth-order valence-corrected chi connectivity index (χ4v) is 1.29. The topological polar surface area (TPSA) is 73.8 Å². The van der Waals surface area contributed by atoms with Crippen molar-refractivity contribution in [2.24, 2.45) is 0 Å². The molecule has 6 heteroatoms. The average Bonchev–Trinajstić information content (AvgIpc) is 2.64. The van der Waals surface area contributed by atoms with Crippen LogP contribution in [-0.2, 0) is 0 Å². The molecule has 0 spiro atoms. The van der Waals surface area contributed by atoms with Crippen molar-refractivity contribution in [3.63, 3.8) is 0 Å². The number of hydrogen-bond donors (Lipinski definition) is 0. The van der Waals surface area contributed by atoms with Crippen LogP contribution in [0.4, 0.5) is 5.69 Å². The minimum Gasteiger partial charge on any atom is -0.258 e.